The van der Waals surface area contributed by atoms with E-state index in [0.29, 0.717) is 24.7 Å². The zero-order valence-electron chi connectivity index (χ0n) is 14.0. The van der Waals surface area contributed by atoms with Crippen LogP contribution in [-0.4, -0.2) is 32.8 Å². The maximum atomic E-state index is 12.4. The highest BCUT2D eigenvalue weighted by atomic mass is 19.3. The summed E-state index contributed by atoms with van der Waals surface area (Å²) >= 11 is 0. The summed E-state index contributed by atoms with van der Waals surface area (Å²) in [5, 5.41) is 2.76. The van der Waals surface area contributed by atoms with Crippen molar-refractivity contribution in [3.63, 3.8) is 0 Å². The van der Waals surface area contributed by atoms with Crippen molar-refractivity contribution in [3.05, 3.63) is 47.5 Å². The number of carbonyl (C=O) groups is 1. The zero-order valence-corrected chi connectivity index (χ0v) is 14.0. The number of rotatable bonds is 6. The smallest absolute Gasteiger partial charge is 0.387 e. The highest BCUT2D eigenvalue weighted by Gasteiger charge is 2.17. The Hall–Kier alpha value is -3.03. The Balaban J connectivity index is 1.71. The molecule has 0 saturated carbocycles. The lowest BCUT2D eigenvalue weighted by Gasteiger charge is -2.21. The first-order valence-corrected chi connectivity index (χ1v) is 7.87. The number of methoxy groups -OCH3 is 1. The Morgan fingerprint density at radius 2 is 2.00 bits per heavy atom. The van der Waals surface area contributed by atoms with Crippen LogP contribution in [0.25, 0.3) is 0 Å². The average Bonchev–Trinajstić information content (AvgIpc) is 2.66. The van der Waals surface area contributed by atoms with Crippen LogP contribution in [0.2, 0.25) is 0 Å². The topological polar surface area (TPSA) is 66.0 Å². The van der Waals surface area contributed by atoms with E-state index in [4.69, 9.17) is 14.2 Å². The standard InChI is InChI=1S/C18H17F2NO5/c1-23-15-9-11(5-6-13(15)26-18(19)20)17(22)21-10-12-3-2-4-14-16(12)25-8-7-24-14/h2-6,9,18H,7-8,10H2,1H3,(H,21,22). The summed E-state index contributed by atoms with van der Waals surface area (Å²) < 4.78 is 45.2. The summed E-state index contributed by atoms with van der Waals surface area (Å²) in [6, 6.07) is 9.43. The summed E-state index contributed by atoms with van der Waals surface area (Å²) in [4.78, 5) is 12.4. The van der Waals surface area contributed by atoms with Crippen molar-refractivity contribution in [3.8, 4) is 23.0 Å². The first kappa shape index (κ1) is 17.8. The van der Waals surface area contributed by atoms with E-state index in [9.17, 15) is 13.6 Å². The van der Waals surface area contributed by atoms with Crippen LogP contribution in [0.4, 0.5) is 8.78 Å². The third-order valence-corrected chi connectivity index (χ3v) is 3.73. The van der Waals surface area contributed by atoms with E-state index < -0.39 is 6.61 Å². The number of carbonyl (C=O) groups excluding carboxylic acids is 1. The number of ether oxygens (including phenoxy) is 4. The first-order valence-electron chi connectivity index (χ1n) is 7.87. The van der Waals surface area contributed by atoms with Gasteiger partial charge in [0.2, 0.25) is 0 Å². The number of hydrogen-bond acceptors (Lipinski definition) is 5. The number of nitrogens with one attached hydrogen (secondary N) is 1. The van der Waals surface area contributed by atoms with Gasteiger partial charge in [-0.05, 0) is 24.3 Å². The second-order valence-electron chi connectivity index (χ2n) is 5.37. The SMILES string of the molecule is COc1cc(C(=O)NCc2cccc3c2OCCO3)ccc1OC(F)F. The molecular weight excluding hydrogens is 348 g/mol. The summed E-state index contributed by atoms with van der Waals surface area (Å²) in [5.41, 5.74) is 1.03. The minimum absolute atomic E-state index is 0.0479. The van der Waals surface area contributed by atoms with Crippen LogP contribution in [0.5, 0.6) is 23.0 Å². The predicted octanol–water partition coefficient (Wildman–Crippen LogP) is 3.00. The van der Waals surface area contributed by atoms with Gasteiger partial charge in [-0.1, -0.05) is 12.1 Å². The quantitative estimate of drug-likeness (QED) is 0.853. The molecule has 0 atom stereocenters. The van der Waals surface area contributed by atoms with Crippen LogP contribution in [0.15, 0.2) is 36.4 Å². The van der Waals surface area contributed by atoms with Crippen molar-refractivity contribution in [2.75, 3.05) is 20.3 Å². The molecule has 1 N–H and O–H groups in total. The van der Waals surface area contributed by atoms with E-state index in [-0.39, 0.29) is 29.5 Å². The van der Waals surface area contributed by atoms with Gasteiger partial charge in [-0.3, -0.25) is 4.79 Å². The first-order chi connectivity index (χ1) is 12.6. The van der Waals surface area contributed by atoms with Gasteiger partial charge in [0, 0.05) is 17.7 Å². The molecule has 0 aliphatic carbocycles. The minimum atomic E-state index is -2.98. The Bertz CT molecular complexity index is 797. The fourth-order valence-electron chi connectivity index (χ4n) is 2.55. The Labute approximate surface area is 148 Å². The van der Waals surface area contributed by atoms with Crippen LogP contribution in [0.3, 0.4) is 0 Å². The highest BCUT2D eigenvalue weighted by Crippen LogP contribution is 2.33. The molecule has 6 nitrogen and oxygen atoms in total. The average molecular weight is 365 g/mol. The van der Waals surface area contributed by atoms with Gasteiger partial charge >= 0.3 is 6.61 Å². The number of para-hydroxylation sites is 1. The van der Waals surface area contributed by atoms with Crippen molar-refractivity contribution in [2.45, 2.75) is 13.2 Å². The molecule has 1 heterocycles. The molecule has 0 fully saturated rings. The normalized spacial score (nSPS) is 12.6. The largest absolute Gasteiger partial charge is 0.493 e. The molecule has 0 unspecified atom stereocenters. The molecule has 3 rings (SSSR count). The molecule has 1 aliphatic rings. The number of amides is 1. The molecule has 0 saturated heterocycles. The van der Waals surface area contributed by atoms with Gasteiger partial charge in [0.1, 0.15) is 13.2 Å². The fraction of sp³-hybridized carbons (Fsp3) is 0.278. The molecule has 0 bridgehead atoms. The molecule has 8 heteroatoms. The monoisotopic (exact) mass is 365 g/mol. The van der Waals surface area contributed by atoms with E-state index in [2.05, 4.69) is 10.1 Å². The highest BCUT2D eigenvalue weighted by molar-refractivity contribution is 5.94. The van der Waals surface area contributed by atoms with Crippen molar-refractivity contribution < 1.29 is 32.5 Å². The van der Waals surface area contributed by atoms with E-state index >= 15 is 0 Å². The van der Waals surface area contributed by atoms with Crippen LogP contribution < -0.4 is 24.3 Å². The molecule has 26 heavy (non-hydrogen) atoms. The number of alkyl halides is 2. The molecule has 0 aromatic heterocycles. The lowest BCUT2D eigenvalue weighted by Crippen LogP contribution is -2.24. The lowest BCUT2D eigenvalue weighted by atomic mass is 10.1. The lowest BCUT2D eigenvalue weighted by molar-refractivity contribution is -0.0512. The zero-order chi connectivity index (χ0) is 18.5. The minimum Gasteiger partial charge on any atom is -0.493 e. The van der Waals surface area contributed by atoms with Gasteiger partial charge in [0.25, 0.3) is 5.91 Å². The molecular formula is C18H17F2NO5. The van der Waals surface area contributed by atoms with Gasteiger partial charge in [-0.15, -0.1) is 0 Å². The van der Waals surface area contributed by atoms with Crippen LogP contribution in [-0.2, 0) is 6.54 Å². The Morgan fingerprint density at radius 3 is 2.77 bits per heavy atom. The van der Waals surface area contributed by atoms with Gasteiger partial charge in [0.15, 0.2) is 23.0 Å². The number of hydrogen-bond donors (Lipinski definition) is 1. The second-order valence-corrected chi connectivity index (χ2v) is 5.37. The fourth-order valence-corrected chi connectivity index (χ4v) is 2.55. The third kappa shape index (κ3) is 3.96. The van der Waals surface area contributed by atoms with Crippen molar-refractivity contribution in [1.82, 2.24) is 5.32 Å². The van der Waals surface area contributed by atoms with Crippen LogP contribution in [0.1, 0.15) is 15.9 Å². The molecule has 138 valence electrons. The van der Waals surface area contributed by atoms with Gasteiger partial charge < -0.3 is 24.3 Å². The third-order valence-electron chi connectivity index (χ3n) is 3.73. The summed E-state index contributed by atoms with van der Waals surface area (Å²) in [6.45, 7) is -1.82. The Morgan fingerprint density at radius 1 is 1.19 bits per heavy atom. The van der Waals surface area contributed by atoms with Crippen molar-refractivity contribution >= 4 is 5.91 Å². The summed E-state index contributed by atoms with van der Waals surface area (Å²) in [7, 11) is 1.31. The maximum Gasteiger partial charge on any atom is 0.387 e. The van der Waals surface area contributed by atoms with E-state index in [0.717, 1.165) is 5.56 Å². The summed E-state index contributed by atoms with van der Waals surface area (Å²) in [6.07, 6.45) is 0. The molecule has 0 radical (unpaired) electrons. The number of halogens is 2. The molecule has 0 spiro atoms. The number of fused-ring (bicyclic) bond motifs is 1. The van der Waals surface area contributed by atoms with E-state index in [1.165, 1.54) is 25.3 Å². The molecule has 2 aromatic rings. The molecule has 2 aromatic carbocycles. The van der Waals surface area contributed by atoms with E-state index in [1.54, 1.807) is 6.07 Å². The maximum absolute atomic E-state index is 12.4. The second kappa shape index (κ2) is 7.90. The van der Waals surface area contributed by atoms with Gasteiger partial charge in [0.05, 0.1) is 7.11 Å². The van der Waals surface area contributed by atoms with Crippen molar-refractivity contribution in [1.29, 1.82) is 0 Å². The molecule has 1 aliphatic heterocycles. The Kier molecular flexibility index (Phi) is 5.40. The summed E-state index contributed by atoms with van der Waals surface area (Å²) in [5.74, 6) is 0.769. The van der Waals surface area contributed by atoms with Gasteiger partial charge in [-0.2, -0.15) is 8.78 Å². The van der Waals surface area contributed by atoms with Crippen LogP contribution >= 0.6 is 0 Å². The predicted molar refractivity (Wildman–Crippen MR) is 88.2 cm³/mol. The molecule has 1 amide bonds. The van der Waals surface area contributed by atoms with Crippen molar-refractivity contribution in [2.24, 2.45) is 0 Å². The van der Waals surface area contributed by atoms with E-state index in [1.807, 2.05) is 12.1 Å². The van der Waals surface area contributed by atoms with Crippen LogP contribution in [0, 0.1) is 0 Å². The number of benzene rings is 2. The van der Waals surface area contributed by atoms with Gasteiger partial charge in [-0.25, -0.2) is 0 Å².